The minimum absolute atomic E-state index is 0.452. The van der Waals surface area contributed by atoms with Gasteiger partial charge < -0.3 is 5.32 Å². The van der Waals surface area contributed by atoms with Gasteiger partial charge in [-0.1, -0.05) is 13.8 Å². The molecule has 0 atom stereocenters. The second-order valence-electron chi connectivity index (χ2n) is 3.94. The van der Waals surface area contributed by atoms with Gasteiger partial charge in [-0.25, -0.2) is 4.98 Å². The highest BCUT2D eigenvalue weighted by Gasteiger charge is 2.15. The van der Waals surface area contributed by atoms with Crippen LogP contribution < -0.4 is 5.32 Å². The minimum Gasteiger partial charge on any atom is -0.312 e. The molecule has 0 amide bonds. The lowest BCUT2D eigenvalue weighted by Crippen LogP contribution is -2.07. The van der Waals surface area contributed by atoms with Gasteiger partial charge in [0.25, 0.3) is 0 Å². The maximum atomic E-state index is 9.34. The molecule has 6 nitrogen and oxygen atoms in total. The molecule has 0 aliphatic carbocycles. The van der Waals surface area contributed by atoms with Gasteiger partial charge in [0.1, 0.15) is 17.5 Å². The SMILES string of the molecule is CCc1nnc(Nc2nc(C)ns2)c(C#N)c1CC. The summed E-state index contributed by atoms with van der Waals surface area (Å²) in [4.78, 5) is 4.20. The van der Waals surface area contributed by atoms with Crippen molar-refractivity contribution in [3.05, 3.63) is 22.6 Å². The Hall–Kier alpha value is -2.07. The third-order valence-electron chi connectivity index (χ3n) is 2.71. The predicted molar refractivity (Wildman–Crippen MR) is 73.4 cm³/mol. The Morgan fingerprint density at radius 3 is 2.58 bits per heavy atom. The number of anilines is 2. The maximum absolute atomic E-state index is 9.34. The lowest BCUT2D eigenvalue weighted by atomic mass is 10.0. The summed E-state index contributed by atoms with van der Waals surface area (Å²) >= 11 is 1.24. The van der Waals surface area contributed by atoms with Crippen molar-refractivity contribution in [1.29, 1.82) is 5.26 Å². The van der Waals surface area contributed by atoms with E-state index in [-0.39, 0.29) is 0 Å². The molecule has 0 spiro atoms. The molecule has 19 heavy (non-hydrogen) atoms. The molecule has 2 aromatic heterocycles. The van der Waals surface area contributed by atoms with Crippen molar-refractivity contribution in [3.8, 4) is 6.07 Å². The van der Waals surface area contributed by atoms with Crippen LogP contribution in [0, 0.1) is 18.3 Å². The van der Waals surface area contributed by atoms with E-state index >= 15 is 0 Å². The largest absolute Gasteiger partial charge is 0.312 e. The number of nitrogens with zero attached hydrogens (tertiary/aromatic N) is 5. The molecule has 0 fully saturated rings. The first kappa shape index (κ1) is 13.4. The molecular formula is C12H14N6S. The van der Waals surface area contributed by atoms with E-state index in [4.69, 9.17) is 0 Å². The Morgan fingerprint density at radius 2 is 2.05 bits per heavy atom. The number of aromatic nitrogens is 4. The first-order chi connectivity index (χ1) is 9.19. The van der Waals surface area contributed by atoms with E-state index in [9.17, 15) is 5.26 Å². The molecule has 2 rings (SSSR count). The summed E-state index contributed by atoms with van der Waals surface area (Å²) in [5.74, 6) is 1.15. The quantitative estimate of drug-likeness (QED) is 0.921. The van der Waals surface area contributed by atoms with Gasteiger partial charge in [-0.2, -0.15) is 14.7 Å². The number of aryl methyl sites for hydroxylation is 2. The Bertz CT molecular complexity index is 628. The van der Waals surface area contributed by atoms with Crippen LogP contribution in [-0.4, -0.2) is 19.6 Å². The summed E-state index contributed by atoms with van der Waals surface area (Å²) in [5, 5.41) is 21.2. The fourth-order valence-electron chi connectivity index (χ4n) is 1.83. The minimum atomic E-state index is 0.452. The molecule has 2 heterocycles. The molecule has 2 aromatic rings. The summed E-state index contributed by atoms with van der Waals surface area (Å²) in [5.41, 5.74) is 2.36. The molecular weight excluding hydrogens is 260 g/mol. The predicted octanol–water partition coefficient (Wildman–Crippen LogP) is 2.38. The number of hydrogen-bond acceptors (Lipinski definition) is 7. The monoisotopic (exact) mass is 274 g/mol. The number of hydrogen-bond donors (Lipinski definition) is 1. The Balaban J connectivity index is 2.43. The molecule has 0 saturated heterocycles. The molecule has 98 valence electrons. The van der Waals surface area contributed by atoms with E-state index in [1.165, 1.54) is 11.5 Å². The van der Waals surface area contributed by atoms with Crippen LogP contribution in [0.25, 0.3) is 0 Å². The van der Waals surface area contributed by atoms with E-state index in [1.54, 1.807) is 0 Å². The highest BCUT2D eigenvalue weighted by Crippen LogP contribution is 2.23. The van der Waals surface area contributed by atoms with Crippen LogP contribution in [-0.2, 0) is 12.8 Å². The van der Waals surface area contributed by atoms with Crippen molar-refractivity contribution >= 4 is 22.5 Å². The van der Waals surface area contributed by atoms with Crippen LogP contribution in [0.15, 0.2) is 0 Å². The zero-order valence-electron chi connectivity index (χ0n) is 11.1. The summed E-state index contributed by atoms with van der Waals surface area (Å²) in [6, 6.07) is 2.21. The lowest BCUT2D eigenvalue weighted by Gasteiger charge is -2.10. The standard InChI is InChI=1S/C12H14N6S/c1-4-8-9(6-13)11(17-16-10(8)5-2)15-12-14-7(3)18-19-12/h4-5H2,1-3H3,(H,14,15,17,18). The third-order valence-corrected chi connectivity index (χ3v) is 3.43. The van der Waals surface area contributed by atoms with Crippen molar-refractivity contribution in [2.75, 3.05) is 5.32 Å². The van der Waals surface area contributed by atoms with Crippen LogP contribution in [0.2, 0.25) is 0 Å². The first-order valence-corrected chi connectivity index (χ1v) is 6.82. The normalized spacial score (nSPS) is 10.2. The fourth-order valence-corrected chi connectivity index (χ4v) is 2.40. The van der Waals surface area contributed by atoms with E-state index in [0.29, 0.717) is 22.3 Å². The second kappa shape index (κ2) is 5.71. The van der Waals surface area contributed by atoms with Gasteiger partial charge in [-0.15, -0.1) is 5.10 Å². The average molecular weight is 274 g/mol. The lowest BCUT2D eigenvalue weighted by molar-refractivity contribution is 0.877. The van der Waals surface area contributed by atoms with Gasteiger partial charge in [0.2, 0.25) is 5.13 Å². The molecule has 0 aliphatic heterocycles. The molecule has 0 unspecified atom stereocenters. The van der Waals surface area contributed by atoms with Crippen LogP contribution in [0.5, 0.6) is 0 Å². The topological polar surface area (TPSA) is 87.4 Å². The highest BCUT2D eigenvalue weighted by atomic mass is 32.1. The van der Waals surface area contributed by atoms with Crippen molar-refractivity contribution in [3.63, 3.8) is 0 Å². The molecule has 1 N–H and O–H groups in total. The van der Waals surface area contributed by atoms with Gasteiger partial charge in [0.05, 0.1) is 5.69 Å². The molecule has 0 saturated carbocycles. The summed E-state index contributed by atoms with van der Waals surface area (Å²) in [7, 11) is 0. The van der Waals surface area contributed by atoms with Gasteiger partial charge in [0.15, 0.2) is 5.82 Å². The number of nitrogens with one attached hydrogen (secondary N) is 1. The van der Waals surface area contributed by atoms with E-state index in [2.05, 4.69) is 30.9 Å². The average Bonchev–Trinajstić information content (AvgIpc) is 2.83. The van der Waals surface area contributed by atoms with Crippen LogP contribution >= 0.6 is 11.5 Å². The smallest absolute Gasteiger partial charge is 0.208 e. The van der Waals surface area contributed by atoms with Crippen molar-refractivity contribution in [2.45, 2.75) is 33.6 Å². The van der Waals surface area contributed by atoms with Crippen LogP contribution in [0.1, 0.15) is 36.5 Å². The first-order valence-electron chi connectivity index (χ1n) is 6.05. The fraction of sp³-hybridized carbons (Fsp3) is 0.417. The number of nitriles is 1. The second-order valence-corrected chi connectivity index (χ2v) is 4.69. The van der Waals surface area contributed by atoms with Crippen molar-refractivity contribution < 1.29 is 0 Å². The summed E-state index contributed by atoms with van der Waals surface area (Å²) < 4.78 is 4.08. The zero-order chi connectivity index (χ0) is 13.8. The third kappa shape index (κ3) is 2.69. The molecule has 7 heteroatoms. The van der Waals surface area contributed by atoms with Gasteiger partial charge in [0, 0.05) is 11.5 Å². The Labute approximate surface area is 115 Å². The van der Waals surface area contributed by atoms with Crippen molar-refractivity contribution in [2.24, 2.45) is 0 Å². The van der Waals surface area contributed by atoms with E-state index in [0.717, 1.165) is 24.1 Å². The Kier molecular flexibility index (Phi) is 4.02. The molecule has 0 bridgehead atoms. The molecule has 0 radical (unpaired) electrons. The maximum Gasteiger partial charge on any atom is 0.208 e. The van der Waals surface area contributed by atoms with Gasteiger partial charge in [-0.3, -0.25) is 0 Å². The summed E-state index contributed by atoms with van der Waals surface area (Å²) in [6.45, 7) is 5.83. The highest BCUT2D eigenvalue weighted by molar-refractivity contribution is 7.09. The van der Waals surface area contributed by atoms with Gasteiger partial charge >= 0.3 is 0 Å². The zero-order valence-corrected chi connectivity index (χ0v) is 11.9. The molecule has 0 aromatic carbocycles. The van der Waals surface area contributed by atoms with E-state index in [1.807, 2.05) is 20.8 Å². The molecule has 0 aliphatic rings. The van der Waals surface area contributed by atoms with Crippen molar-refractivity contribution in [1.82, 2.24) is 19.6 Å². The number of rotatable bonds is 4. The summed E-state index contributed by atoms with van der Waals surface area (Å²) in [6.07, 6.45) is 1.52. The van der Waals surface area contributed by atoms with E-state index < -0.39 is 0 Å². The van der Waals surface area contributed by atoms with Crippen LogP contribution in [0.3, 0.4) is 0 Å². The van der Waals surface area contributed by atoms with Gasteiger partial charge in [-0.05, 0) is 25.3 Å². The van der Waals surface area contributed by atoms with Crippen LogP contribution in [0.4, 0.5) is 10.9 Å². The Morgan fingerprint density at radius 1 is 1.26 bits per heavy atom.